The van der Waals surface area contributed by atoms with Crippen LogP contribution in [0.5, 0.6) is 0 Å². The van der Waals surface area contributed by atoms with E-state index in [0.29, 0.717) is 18.2 Å². The van der Waals surface area contributed by atoms with Gasteiger partial charge in [-0.05, 0) is 18.6 Å². The van der Waals surface area contributed by atoms with Crippen LogP contribution in [-0.2, 0) is 6.54 Å². The van der Waals surface area contributed by atoms with E-state index in [0.717, 1.165) is 11.1 Å². The minimum absolute atomic E-state index is 0.330. The molecule has 0 saturated carbocycles. The molecule has 2 heterocycles. The first-order valence-electron chi connectivity index (χ1n) is 6.13. The molecule has 20 heavy (non-hydrogen) atoms. The van der Waals surface area contributed by atoms with E-state index in [2.05, 4.69) is 15.1 Å². The Labute approximate surface area is 114 Å². The van der Waals surface area contributed by atoms with Crippen molar-refractivity contribution in [3.8, 4) is 11.6 Å². The van der Waals surface area contributed by atoms with Crippen molar-refractivity contribution in [2.45, 2.75) is 13.5 Å². The van der Waals surface area contributed by atoms with Gasteiger partial charge in [-0.3, -0.25) is 4.52 Å². The number of hydrogen-bond donors (Lipinski definition) is 0. The first-order valence-corrected chi connectivity index (χ1v) is 6.13. The largest absolute Gasteiger partial charge is 0.442 e. The van der Waals surface area contributed by atoms with Gasteiger partial charge >= 0.3 is 5.76 Å². The molecule has 0 N–H and O–H groups in total. The van der Waals surface area contributed by atoms with Crippen molar-refractivity contribution in [3.05, 3.63) is 64.4 Å². The zero-order valence-electron chi connectivity index (χ0n) is 10.9. The summed E-state index contributed by atoms with van der Waals surface area (Å²) in [4.78, 5) is 19.9. The zero-order chi connectivity index (χ0) is 13.9. The van der Waals surface area contributed by atoms with Gasteiger partial charge in [0.25, 0.3) is 0 Å². The Kier molecular flexibility index (Phi) is 3.12. The van der Waals surface area contributed by atoms with Crippen LogP contribution >= 0.6 is 0 Å². The predicted octanol–water partition coefficient (Wildman–Crippen LogP) is 1.65. The van der Waals surface area contributed by atoms with Gasteiger partial charge in [0.1, 0.15) is 0 Å². The van der Waals surface area contributed by atoms with Crippen molar-refractivity contribution in [2.75, 3.05) is 0 Å². The molecular formula is C14H12N4O2. The summed E-state index contributed by atoms with van der Waals surface area (Å²) in [5.74, 6) is 0.176. The molecule has 6 nitrogen and oxygen atoms in total. The lowest BCUT2D eigenvalue weighted by atomic mass is 10.1. The van der Waals surface area contributed by atoms with Crippen molar-refractivity contribution < 1.29 is 4.52 Å². The van der Waals surface area contributed by atoms with Crippen LogP contribution in [0.4, 0.5) is 0 Å². The lowest BCUT2D eigenvalue weighted by Crippen LogP contribution is -2.16. The topological polar surface area (TPSA) is 73.8 Å². The lowest BCUT2D eigenvalue weighted by Gasteiger charge is -2.04. The molecule has 3 rings (SSSR count). The Morgan fingerprint density at radius 1 is 1.15 bits per heavy atom. The van der Waals surface area contributed by atoms with Crippen molar-refractivity contribution in [1.29, 1.82) is 0 Å². The van der Waals surface area contributed by atoms with Gasteiger partial charge in [-0.25, -0.2) is 19.3 Å². The van der Waals surface area contributed by atoms with E-state index in [4.69, 9.17) is 4.52 Å². The third-order valence-corrected chi connectivity index (χ3v) is 2.91. The molecule has 3 aromatic rings. The van der Waals surface area contributed by atoms with Gasteiger partial charge in [-0.1, -0.05) is 35.0 Å². The maximum Gasteiger partial charge on any atom is 0.442 e. The van der Waals surface area contributed by atoms with Crippen LogP contribution in [0.3, 0.4) is 0 Å². The van der Waals surface area contributed by atoms with E-state index in [1.807, 2.05) is 31.2 Å². The Morgan fingerprint density at radius 3 is 2.55 bits per heavy atom. The minimum atomic E-state index is -0.520. The lowest BCUT2D eigenvalue weighted by molar-refractivity contribution is 0.378. The van der Waals surface area contributed by atoms with Gasteiger partial charge in [0, 0.05) is 12.4 Å². The average molecular weight is 268 g/mol. The number of benzene rings is 1. The fourth-order valence-corrected chi connectivity index (χ4v) is 1.86. The van der Waals surface area contributed by atoms with Crippen molar-refractivity contribution in [2.24, 2.45) is 0 Å². The molecule has 0 radical (unpaired) electrons. The summed E-state index contributed by atoms with van der Waals surface area (Å²) in [5, 5.41) is 3.75. The van der Waals surface area contributed by atoms with Crippen molar-refractivity contribution in [1.82, 2.24) is 19.7 Å². The van der Waals surface area contributed by atoms with E-state index in [1.165, 1.54) is 4.57 Å². The average Bonchev–Trinajstić information content (AvgIpc) is 2.84. The van der Waals surface area contributed by atoms with Crippen LogP contribution in [0.15, 0.2) is 52.0 Å². The summed E-state index contributed by atoms with van der Waals surface area (Å²) < 4.78 is 6.14. The van der Waals surface area contributed by atoms with E-state index >= 15 is 0 Å². The monoisotopic (exact) mass is 268 g/mol. The molecule has 0 aliphatic carbocycles. The van der Waals surface area contributed by atoms with Gasteiger partial charge in [0.2, 0.25) is 5.82 Å². The maximum absolute atomic E-state index is 11.8. The normalized spacial score (nSPS) is 10.7. The number of aryl methyl sites for hydroxylation is 1. The number of hydrogen-bond acceptors (Lipinski definition) is 5. The third-order valence-electron chi connectivity index (χ3n) is 2.91. The fourth-order valence-electron chi connectivity index (χ4n) is 1.86. The van der Waals surface area contributed by atoms with Crippen LogP contribution in [0, 0.1) is 6.92 Å². The second-order valence-electron chi connectivity index (χ2n) is 4.42. The standard InChI is InChI=1S/C14H12N4O2/c1-10-3-5-11(6-4-10)9-18-13(17-20-14(18)19)12-15-7-2-8-16-12/h2-8H,9H2,1H3. The summed E-state index contributed by atoms with van der Waals surface area (Å²) in [6, 6.07) is 9.61. The molecule has 1 aromatic carbocycles. The van der Waals surface area contributed by atoms with Gasteiger partial charge in [0.15, 0.2) is 5.82 Å². The SMILES string of the molecule is Cc1ccc(Cn2c(-c3ncccn3)noc2=O)cc1. The van der Waals surface area contributed by atoms with E-state index in [9.17, 15) is 4.79 Å². The van der Waals surface area contributed by atoms with Crippen LogP contribution in [-0.4, -0.2) is 19.7 Å². The molecule has 0 saturated heterocycles. The smallest absolute Gasteiger partial charge is 0.295 e. The summed E-state index contributed by atoms with van der Waals surface area (Å²) in [6.07, 6.45) is 3.19. The van der Waals surface area contributed by atoms with Crippen LogP contribution in [0.25, 0.3) is 11.6 Å². The highest BCUT2D eigenvalue weighted by Crippen LogP contribution is 2.11. The highest BCUT2D eigenvalue weighted by Gasteiger charge is 2.15. The Balaban J connectivity index is 2.00. The van der Waals surface area contributed by atoms with Gasteiger partial charge in [-0.15, -0.1) is 0 Å². The summed E-state index contributed by atoms with van der Waals surface area (Å²) in [7, 11) is 0. The first-order chi connectivity index (χ1) is 9.74. The minimum Gasteiger partial charge on any atom is -0.295 e. The molecule has 0 spiro atoms. The second kappa shape index (κ2) is 5.08. The van der Waals surface area contributed by atoms with Crippen LogP contribution < -0.4 is 5.76 Å². The molecule has 2 aromatic heterocycles. The van der Waals surface area contributed by atoms with Crippen molar-refractivity contribution >= 4 is 0 Å². The molecule has 0 aliphatic heterocycles. The quantitative estimate of drug-likeness (QED) is 0.722. The zero-order valence-corrected chi connectivity index (χ0v) is 10.9. The van der Waals surface area contributed by atoms with Gasteiger partial charge in [-0.2, -0.15) is 0 Å². The van der Waals surface area contributed by atoms with Gasteiger partial charge in [0.05, 0.1) is 6.54 Å². The molecule has 100 valence electrons. The van der Waals surface area contributed by atoms with Crippen molar-refractivity contribution in [3.63, 3.8) is 0 Å². The van der Waals surface area contributed by atoms with E-state index < -0.39 is 5.76 Å². The Bertz CT molecular complexity index is 760. The molecule has 0 aliphatic rings. The molecule has 0 fully saturated rings. The molecule has 0 bridgehead atoms. The number of aromatic nitrogens is 4. The first kappa shape index (κ1) is 12.3. The van der Waals surface area contributed by atoms with Gasteiger partial charge < -0.3 is 0 Å². The third kappa shape index (κ3) is 2.35. The molecule has 0 atom stereocenters. The molecule has 0 amide bonds. The van der Waals surface area contributed by atoms with E-state index in [1.54, 1.807) is 18.5 Å². The Morgan fingerprint density at radius 2 is 1.85 bits per heavy atom. The predicted molar refractivity (Wildman–Crippen MR) is 72.1 cm³/mol. The Hall–Kier alpha value is -2.76. The summed E-state index contributed by atoms with van der Waals surface area (Å²) >= 11 is 0. The maximum atomic E-state index is 11.8. The number of rotatable bonds is 3. The van der Waals surface area contributed by atoms with Crippen LogP contribution in [0.2, 0.25) is 0 Å². The molecule has 0 unspecified atom stereocenters. The number of nitrogens with zero attached hydrogens (tertiary/aromatic N) is 4. The molecule has 6 heteroatoms. The van der Waals surface area contributed by atoms with Crippen LogP contribution in [0.1, 0.15) is 11.1 Å². The second-order valence-corrected chi connectivity index (χ2v) is 4.42. The fraction of sp³-hybridized carbons (Fsp3) is 0.143. The summed E-state index contributed by atoms with van der Waals surface area (Å²) in [6.45, 7) is 2.38. The highest BCUT2D eigenvalue weighted by molar-refractivity contribution is 5.41. The highest BCUT2D eigenvalue weighted by atomic mass is 16.5. The molecular weight excluding hydrogens is 256 g/mol. The van der Waals surface area contributed by atoms with E-state index in [-0.39, 0.29) is 0 Å². The summed E-state index contributed by atoms with van der Waals surface area (Å²) in [5.41, 5.74) is 2.15.